The number of carbonyl (C=O) groups excluding carboxylic acids is 1. The Kier molecular flexibility index (Phi) is 10.5. The predicted octanol–water partition coefficient (Wildman–Crippen LogP) is 2.17. The van der Waals surface area contributed by atoms with Crippen LogP contribution in [0.5, 0.6) is 0 Å². The Balaban J connectivity index is 1.58. The highest BCUT2D eigenvalue weighted by Gasteiger charge is 2.21. The summed E-state index contributed by atoms with van der Waals surface area (Å²) in [5, 5.41) is 15.5. The third-order valence-corrected chi connectivity index (χ3v) is 5.78. The summed E-state index contributed by atoms with van der Waals surface area (Å²) in [7, 11) is 1.65. The molecule has 3 N–H and O–H groups in total. The fourth-order valence-corrected chi connectivity index (χ4v) is 3.80. The summed E-state index contributed by atoms with van der Waals surface area (Å²) in [4.78, 5) is 32.5. The number of carboxylic acid groups (broad SMARTS) is 1. The van der Waals surface area contributed by atoms with Gasteiger partial charge in [-0.25, -0.2) is 4.79 Å². The Morgan fingerprint density at radius 1 is 1.03 bits per heavy atom. The number of nitrogens with zero attached hydrogens (tertiary/aromatic N) is 3. The van der Waals surface area contributed by atoms with E-state index in [-0.39, 0.29) is 11.5 Å². The van der Waals surface area contributed by atoms with Crippen LogP contribution < -0.4 is 10.6 Å². The molecule has 0 saturated carbocycles. The van der Waals surface area contributed by atoms with Crippen LogP contribution in [0.15, 0.2) is 59.6 Å². The zero-order chi connectivity index (χ0) is 24.9. The highest BCUT2D eigenvalue weighted by molar-refractivity contribution is 5.94. The summed E-state index contributed by atoms with van der Waals surface area (Å²) in [6.07, 6.45) is 1.63. The standard InChI is InChI=1S/C26H35N5O4/c1-35-19-5-13-27-24(32)20-30-15-17-31(18-16-30)26(28-14-12-21-6-3-2-4-7-21)29-23-10-8-22(9-11-23)25(33)34/h2-4,6-11H,5,12-20H2,1H3,(H,27,32)(H,28,29)(H,33,34). The fraction of sp³-hybridized carbons (Fsp3) is 0.423. The number of carboxylic acids is 1. The summed E-state index contributed by atoms with van der Waals surface area (Å²) in [6, 6.07) is 16.9. The van der Waals surface area contributed by atoms with Crippen LogP contribution in [0.1, 0.15) is 22.3 Å². The number of benzene rings is 2. The second-order valence-corrected chi connectivity index (χ2v) is 8.41. The van der Waals surface area contributed by atoms with E-state index in [2.05, 4.69) is 32.6 Å². The molecule has 0 unspecified atom stereocenters. The summed E-state index contributed by atoms with van der Waals surface area (Å²) < 4.78 is 5.01. The Bertz CT molecular complexity index is 957. The Labute approximate surface area is 206 Å². The normalized spacial score (nSPS) is 14.5. The van der Waals surface area contributed by atoms with Gasteiger partial charge >= 0.3 is 5.97 Å². The minimum absolute atomic E-state index is 0.0305. The van der Waals surface area contributed by atoms with Crippen molar-refractivity contribution in [2.75, 3.05) is 64.8 Å². The SMILES string of the molecule is COCCCNC(=O)CN1CCN(C(=NCCc2ccccc2)Nc2ccc(C(=O)O)cc2)CC1. The zero-order valence-corrected chi connectivity index (χ0v) is 20.3. The van der Waals surface area contributed by atoms with E-state index >= 15 is 0 Å². The maximum atomic E-state index is 12.2. The lowest BCUT2D eigenvalue weighted by atomic mass is 10.2. The zero-order valence-electron chi connectivity index (χ0n) is 20.3. The monoisotopic (exact) mass is 481 g/mol. The van der Waals surface area contributed by atoms with Crippen molar-refractivity contribution in [1.82, 2.24) is 15.1 Å². The molecule has 1 aliphatic rings. The number of anilines is 1. The highest BCUT2D eigenvalue weighted by Crippen LogP contribution is 2.12. The number of amides is 1. The van der Waals surface area contributed by atoms with Gasteiger partial charge in [0.15, 0.2) is 5.96 Å². The van der Waals surface area contributed by atoms with Gasteiger partial charge < -0.3 is 25.4 Å². The van der Waals surface area contributed by atoms with Gasteiger partial charge in [-0.1, -0.05) is 30.3 Å². The van der Waals surface area contributed by atoms with Crippen LogP contribution in [-0.4, -0.2) is 92.3 Å². The average molecular weight is 482 g/mol. The second kappa shape index (κ2) is 14.1. The van der Waals surface area contributed by atoms with Crippen LogP contribution in [-0.2, 0) is 16.0 Å². The molecule has 1 aliphatic heterocycles. The minimum Gasteiger partial charge on any atom is -0.478 e. The van der Waals surface area contributed by atoms with E-state index in [0.717, 1.165) is 50.7 Å². The number of guanidine groups is 1. The van der Waals surface area contributed by atoms with Gasteiger partial charge in [-0.3, -0.25) is 14.7 Å². The Morgan fingerprint density at radius 3 is 2.40 bits per heavy atom. The molecular formula is C26H35N5O4. The van der Waals surface area contributed by atoms with Crippen molar-refractivity contribution in [3.05, 3.63) is 65.7 Å². The van der Waals surface area contributed by atoms with Crippen LogP contribution in [0.2, 0.25) is 0 Å². The second-order valence-electron chi connectivity index (χ2n) is 8.41. The molecule has 2 aromatic rings. The number of hydrogen-bond donors (Lipinski definition) is 3. The lowest BCUT2D eigenvalue weighted by Crippen LogP contribution is -2.52. The molecule has 1 saturated heterocycles. The number of methoxy groups -OCH3 is 1. The van der Waals surface area contributed by atoms with Gasteiger partial charge in [0.25, 0.3) is 0 Å². The maximum absolute atomic E-state index is 12.2. The topological polar surface area (TPSA) is 107 Å². The van der Waals surface area contributed by atoms with Crippen molar-refractivity contribution in [2.24, 2.45) is 4.99 Å². The van der Waals surface area contributed by atoms with E-state index in [1.165, 1.54) is 5.56 Å². The van der Waals surface area contributed by atoms with Crippen LogP contribution >= 0.6 is 0 Å². The van der Waals surface area contributed by atoms with Crippen LogP contribution in [0.25, 0.3) is 0 Å². The maximum Gasteiger partial charge on any atom is 0.335 e. The van der Waals surface area contributed by atoms with E-state index in [4.69, 9.17) is 14.8 Å². The van der Waals surface area contributed by atoms with Gasteiger partial charge in [0.1, 0.15) is 0 Å². The lowest BCUT2D eigenvalue weighted by molar-refractivity contribution is -0.122. The number of ether oxygens (including phenoxy) is 1. The fourth-order valence-electron chi connectivity index (χ4n) is 3.80. The number of carbonyl (C=O) groups is 2. The van der Waals surface area contributed by atoms with Gasteiger partial charge in [0.2, 0.25) is 5.91 Å². The smallest absolute Gasteiger partial charge is 0.335 e. The van der Waals surface area contributed by atoms with Crippen molar-refractivity contribution < 1.29 is 19.4 Å². The molecule has 0 bridgehead atoms. The van der Waals surface area contributed by atoms with Gasteiger partial charge in [-0.15, -0.1) is 0 Å². The molecule has 0 aromatic heterocycles. The lowest BCUT2D eigenvalue weighted by Gasteiger charge is -2.36. The predicted molar refractivity (Wildman–Crippen MR) is 137 cm³/mol. The van der Waals surface area contributed by atoms with Crippen molar-refractivity contribution in [1.29, 1.82) is 0 Å². The highest BCUT2D eigenvalue weighted by atomic mass is 16.5. The molecule has 9 nitrogen and oxygen atoms in total. The summed E-state index contributed by atoms with van der Waals surface area (Å²) in [5.74, 6) is -0.164. The number of aliphatic imine (C=N–C) groups is 1. The number of nitrogens with one attached hydrogen (secondary N) is 2. The first-order valence-electron chi connectivity index (χ1n) is 12.0. The molecule has 0 radical (unpaired) electrons. The van der Waals surface area contributed by atoms with Gasteiger partial charge in [0.05, 0.1) is 12.1 Å². The molecule has 1 amide bonds. The summed E-state index contributed by atoms with van der Waals surface area (Å²) in [6.45, 7) is 5.25. The largest absolute Gasteiger partial charge is 0.478 e. The van der Waals surface area contributed by atoms with Gasteiger partial charge in [0, 0.05) is 58.7 Å². The van der Waals surface area contributed by atoms with E-state index in [0.29, 0.717) is 26.2 Å². The number of piperazine rings is 1. The van der Waals surface area contributed by atoms with Crippen LogP contribution in [0.3, 0.4) is 0 Å². The molecule has 35 heavy (non-hydrogen) atoms. The van der Waals surface area contributed by atoms with Crippen molar-refractivity contribution in [3.63, 3.8) is 0 Å². The summed E-state index contributed by atoms with van der Waals surface area (Å²) in [5.41, 5.74) is 2.25. The molecule has 2 aromatic carbocycles. The molecule has 188 valence electrons. The van der Waals surface area contributed by atoms with E-state index in [9.17, 15) is 9.59 Å². The molecule has 0 spiro atoms. The van der Waals surface area contributed by atoms with E-state index in [1.54, 1.807) is 31.4 Å². The first-order chi connectivity index (χ1) is 17.0. The molecule has 1 fully saturated rings. The van der Waals surface area contributed by atoms with Crippen molar-refractivity contribution in [2.45, 2.75) is 12.8 Å². The Hall–Kier alpha value is -3.43. The third-order valence-electron chi connectivity index (χ3n) is 5.78. The Morgan fingerprint density at radius 2 is 1.74 bits per heavy atom. The van der Waals surface area contributed by atoms with Crippen molar-refractivity contribution >= 4 is 23.5 Å². The van der Waals surface area contributed by atoms with Gasteiger partial charge in [-0.05, 0) is 42.7 Å². The minimum atomic E-state index is -0.952. The first kappa shape index (κ1) is 26.2. The number of hydrogen-bond acceptors (Lipinski definition) is 5. The quantitative estimate of drug-likeness (QED) is 0.257. The molecule has 9 heteroatoms. The molecule has 0 atom stereocenters. The molecule has 1 heterocycles. The number of rotatable bonds is 11. The molecule has 0 aliphatic carbocycles. The van der Waals surface area contributed by atoms with Gasteiger partial charge in [-0.2, -0.15) is 0 Å². The third kappa shape index (κ3) is 9.03. The van der Waals surface area contributed by atoms with Crippen molar-refractivity contribution in [3.8, 4) is 0 Å². The van der Waals surface area contributed by atoms with E-state index < -0.39 is 5.97 Å². The van der Waals surface area contributed by atoms with Crippen LogP contribution in [0, 0.1) is 0 Å². The summed E-state index contributed by atoms with van der Waals surface area (Å²) >= 11 is 0. The molecule has 3 rings (SSSR count). The first-order valence-corrected chi connectivity index (χ1v) is 12.0. The number of aromatic carboxylic acids is 1. The average Bonchev–Trinajstić information content (AvgIpc) is 2.87. The van der Waals surface area contributed by atoms with E-state index in [1.807, 2.05) is 18.2 Å². The molecular weight excluding hydrogens is 446 g/mol. The van der Waals surface area contributed by atoms with Crippen LogP contribution in [0.4, 0.5) is 5.69 Å².